The molecule has 5 unspecified atom stereocenters. The van der Waals surface area contributed by atoms with E-state index in [1.54, 1.807) is 19.1 Å². The van der Waals surface area contributed by atoms with E-state index in [0.29, 0.717) is 34.9 Å². The summed E-state index contributed by atoms with van der Waals surface area (Å²) in [6.45, 7) is 14.1. The number of hydrogen-bond donors (Lipinski definition) is 2. The van der Waals surface area contributed by atoms with Crippen LogP contribution < -0.4 is 15.2 Å². The number of nitrogens with two attached hydrogens (primary N) is 1. The summed E-state index contributed by atoms with van der Waals surface area (Å²) in [7, 11) is 3.34. The summed E-state index contributed by atoms with van der Waals surface area (Å²) < 4.78 is 12.3. The molecule has 2 aliphatic rings. The summed E-state index contributed by atoms with van der Waals surface area (Å²) in [4.78, 5) is 52.4. The Morgan fingerprint density at radius 3 is 2.45 bits per heavy atom. The lowest BCUT2D eigenvalue weighted by Crippen LogP contribution is -2.45. The second-order valence-electron chi connectivity index (χ2n) is 13.9. The number of nitrogens with zero attached hydrogens (tertiary/aromatic N) is 3. The third kappa shape index (κ3) is 6.58. The first kappa shape index (κ1) is 35.7. The van der Waals surface area contributed by atoms with Crippen LogP contribution in [0, 0.1) is 24.2 Å². The minimum absolute atomic E-state index is 0.0557. The summed E-state index contributed by atoms with van der Waals surface area (Å²) >= 11 is 0. The minimum Gasteiger partial charge on any atom is -0.496 e. The number of allylic oxidation sites excluding steroid dienone is 1. The average molecular weight is 669 g/mol. The van der Waals surface area contributed by atoms with Gasteiger partial charge in [0.2, 0.25) is 5.91 Å². The molecule has 2 fully saturated rings. The topological polar surface area (TPSA) is 145 Å². The number of carbonyl (C=O) groups is 3. The summed E-state index contributed by atoms with van der Waals surface area (Å²) in [5.74, 6) is -2.28. The van der Waals surface area contributed by atoms with Gasteiger partial charge >= 0.3 is 5.97 Å². The number of ketones is 1. The van der Waals surface area contributed by atoms with Crippen molar-refractivity contribution in [2.75, 3.05) is 20.7 Å². The Balaban J connectivity index is 1.53. The number of aromatic nitrogens is 2. The zero-order valence-corrected chi connectivity index (χ0v) is 29.2. The van der Waals surface area contributed by atoms with Crippen LogP contribution in [-0.2, 0) is 14.4 Å². The van der Waals surface area contributed by atoms with E-state index in [1.807, 2.05) is 49.4 Å². The summed E-state index contributed by atoms with van der Waals surface area (Å²) in [6, 6.07) is 11.4. The van der Waals surface area contributed by atoms with Gasteiger partial charge in [-0.05, 0) is 75.6 Å². The number of fused-ring (bicyclic) bond motifs is 1. The van der Waals surface area contributed by atoms with Gasteiger partial charge in [-0.1, -0.05) is 32.1 Å². The zero-order valence-electron chi connectivity index (χ0n) is 29.2. The van der Waals surface area contributed by atoms with E-state index in [0.717, 1.165) is 35.9 Å². The van der Waals surface area contributed by atoms with E-state index in [1.165, 1.54) is 6.08 Å². The third-order valence-electron chi connectivity index (χ3n) is 10.4. The lowest BCUT2D eigenvalue weighted by atomic mass is 9.80. The quantitative estimate of drug-likeness (QED) is 0.109. The third-order valence-corrected chi connectivity index (χ3v) is 10.4. The Labute approximate surface area is 288 Å². The van der Waals surface area contributed by atoms with Crippen molar-refractivity contribution in [3.8, 4) is 22.9 Å². The molecule has 2 saturated carbocycles. The number of unbranched alkanes of at least 4 members (excludes halogenated alkanes) is 2. The highest BCUT2D eigenvalue weighted by molar-refractivity contribution is 6.11. The maximum absolute atomic E-state index is 14.3. The van der Waals surface area contributed by atoms with Crippen molar-refractivity contribution in [3.63, 3.8) is 0 Å². The van der Waals surface area contributed by atoms with Crippen LogP contribution in [0.2, 0.25) is 0 Å². The molecule has 2 heterocycles. The number of hydrogen-bond acceptors (Lipinski definition) is 8. The fourth-order valence-corrected chi connectivity index (χ4v) is 7.26. The summed E-state index contributed by atoms with van der Waals surface area (Å²) in [5, 5.41) is 11.0. The van der Waals surface area contributed by atoms with Gasteiger partial charge in [0, 0.05) is 42.2 Å². The van der Waals surface area contributed by atoms with Crippen LogP contribution in [0.4, 0.5) is 0 Å². The molecule has 2 aromatic heterocycles. The number of aliphatic carboxylic acids is 1. The van der Waals surface area contributed by atoms with E-state index in [2.05, 4.69) is 27.0 Å². The van der Waals surface area contributed by atoms with Gasteiger partial charge in [0.05, 0.1) is 35.5 Å². The lowest BCUT2D eigenvalue weighted by Gasteiger charge is -2.26. The monoisotopic (exact) mass is 668 g/mol. The Kier molecular flexibility index (Phi) is 10.3. The Morgan fingerprint density at radius 2 is 1.82 bits per heavy atom. The number of carbonyl (C=O) groups excluding carboxylic acids is 2. The second-order valence-corrected chi connectivity index (χ2v) is 13.9. The molecule has 10 heteroatoms. The van der Waals surface area contributed by atoms with Gasteiger partial charge in [0.25, 0.3) is 0 Å². The van der Waals surface area contributed by atoms with Crippen LogP contribution >= 0.6 is 0 Å². The molecule has 5 atom stereocenters. The van der Waals surface area contributed by atoms with Gasteiger partial charge in [-0.2, -0.15) is 0 Å². The van der Waals surface area contributed by atoms with E-state index in [-0.39, 0.29) is 31.1 Å². The number of methoxy groups -OCH3 is 1. The van der Waals surface area contributed by atoms with Crippen LogP contribution in [0.25, 0.3) is 22.3 Å². The van der Waals surface area contributed by atoms with Crippen molar-refractivity contribution >= 4 is 28.6 Å². The summed E-state index contributed by atoms with van der Waals surface area (Å²) in [6.07, 6.45) is 5.48. The Morgan fingerprint density at radius 1 is 1.08 bits per heavy atom. The van der Waals surface area contributed by atoms with Gasteiger partial charge < -0.3 is 25.2 Å². The molecular formula is C39H48N4O6. The van der Waals surface area contributed by atoms with E-state index in [9.17, 15) is 19.5 Å². The first-order chi connectivity index (χ1) is 23.3. The molecule has 10 nitrogen and oxygen atoms in total. The van der Waals surface area contributed by atoms with E-state index >= 15 is 0 Å². The second kappa shape index (κ2) is 14.1. The van der Waals surface area contributed by atoms with Crippen molar-refractivity contribution < 1.29 is 29.0 Å². The molecule has 0 bridgehead atoms. The number of aryl methyl sites for hydroxylation is 1. The zero-order chi connectivity index (χ0) is 35.7. The molecule has 0 saturated heterocycles. The molecule has 260 valence electrons. The average Bonchev–Trinajstić information content (AvgIpc) is 3.54. The summed E-state index contributed by atoms with van der Waals surface area (Å²) in [5.41, 5.74) is 6.90. The number of benzene rings is 1. The highest BCUT2D eigenvalue weighted by atomic mass is 16.5. The van der Waals surface area contributed by atoms with Gasteiger partial charge in [-0.15, -0.1) is 13.2 Å². The van der Waals surface area contributed by atoms with Crippen molar-refractivity contribution in [2.45, 2.75) is 76.9 Å². The maximum atomic E-state index is 14.3. The van der Waals surface area contributed by atoms with Crippen molar-refractivity contribution in [3.05, 3.63) is 73.0 Å². The highest BCUT2D eigenvalue weighted by Gasteiger charge is 2.75. The SMILES string of the molecule is C=CCCCCN(C)C(=O)C1CC(Oc2cc(-c3cccc(C(C)C)n3)nc3c(C)c(OC)ccc23)CC1C(=O)C1(C(=O)O)CC1(N)C=C. The van der Waals surface area contributed by atoms with Gasteiger partial charge in [-0.25, -0.2) is 4.98 Å². The lowest BCUT2D eigenvalue weighted by molar-refractivity contribution is -0.152. The molecule has 49 heavy (non-hydrogen) atoms. The van der Waals surface area contributed by atoms with E-state index in [4.69, 9.17) is 25.2 Å². The normalized spacial score (nSPS) is 24.4. The number of ether oxygens (including phenoxy) is 2. The molecular weight excluding hydrogens is 620 g/mol. The number of rotatable bonds is 15. The number of Topliss-reactive ketones (excluding diaryl/α,β-unsaturated/α-hetero) is 1. The van der Waals surface area contributed by atoms with Crippen LogP contribution in [0.1, 0.15) is 69.5 Å². The molecule has 1 amide bonds. The number of pyridine rings is 2. The first-order valence-corrected chi connectivity index (χ1v) is 17.0. The molecule has 0 radical (unpaired) electrons. The standard InChI is InChI=1S/C39H48N4O6/c1-8-10-11-12-18-43(6)36(45)28-20-25(19-27(28)35(44)39(37(46)47)22-38(39,40)9-2)49-33-21-31(30-15-13-14-29(41-30)23(3)4)42-34-24(5)32(48-7)17-16-26(33)34/h8-9,13-17,21,23,25,27-28H,1-2,10-12,18-20,22,40H2,3-7H3,(H,46,47). The smallest absolute Gasteiger partial charge is 0.319 e. The molecule has 0 aliphatic heterocycles. The van der Waals surface area contributed by atoms with Crippen molar-refractivity contribution in [1.29, 1.82) is 0 Å². The van der Waals surface area contributed by atoms with Crippen LogP contribution in [-0.4, -0.2) is 70.0 Å². The number of carboxylic acid groups (broad SMARTS) is 1. The van der Waals surface area contributed by atoms with Gasteiger partial charge in [0.1, 0.15) is 23.0 Å². The first-order valence-electron chi connectivity index (χ1n) is 17.0. The Hall–Kier alpha value is -4.57. The fraction of sp³-hybridized carbons (Fsp3) is 0.462. The van der Waals surface area contributed by atoms with Gasteiger partial charge in [-0.3, -0.25) is 19.4 Å². The Bertz CT molecular complexity index is 1790. The van der Waals surface area contributed by atoms with Gasteiger partial charge in [0.15, 0.2) is 5.78 Å². The van der Waals surface area contributed by atoms with Crippen molar-refractivity contribution in [2.24, 2.45) is 23.0 Å². The fourth-order valence-electron chi connectivity index (χ4n) is 7.26. The molecule has 1 aromatic carbocycles. The predicted molar refractivity (Wildman–Crippen MR) is 189 cm³/mol. The molecule has 3 N–H and O–H groups in total. The minimum atomic E-state index is -1.83. The molecule has 0 spiro atoms. The molecule has 5 rings (SSSR count). The number of amides is 1. The molecule has 2 aliphatic carbocycles. The molecule has 3 aromatic rings. The number of carboxylic acids is 1. The highest BCUT2D eigenvalue weighted by Crippen LogP contribution is 2.59. The predicted octanol–water partition coefficient (Wildman–Crippen LogP) is 6.25. The van der Waals surface area contributed by atoms with Crippen LogP contribution in [0.15, 0.2) is 61.7 Å². The van der Waals surface area contributed by atoms with Crippen molar-refractivity contribution in [1.82, 2.24) is 14.9 Å². The maximum Gasteiger partial charge on any atom is 0.319 e. The van der Waals surface area contributed by atoms with E-state index < -0.39 is 40.6 Å². The van der Waals surface area contributed by atoms with Crippen LogP contribution in [0.3, 0.4) is 0 Å². The van der Waals surface area contributed by atoms with Crippen LogP contribution in [0.5, 0.6) is 11.5 Å². The largest absolute Gasteiger partial charge is 0.496 e.